The van der Waals surface area contributed by atoms with E-state index in [1.807, 2.05) is 0 Å². The van der Waals surface area contributed by atoms with Crippen LogP contribution in [0.15, 0.2) is 52.7 Å². The van der Waals surface area contributed by atoms with Crippen LogP contribution < -0.4 is 3.38 Å². The number of para-hydroxylation sites is 1. The third kappa shape index (κ3) is 3.03. The van der Waals surface area contributed by atoms with Gasteiger partial charge < -0.3 is 0 Å². The van der Waals surface area contributed by atoms with Crippen molar-refractivity contribution in [3.05, 3.63) is 52.7 Å². The van der Waals surface area contributed by atoms with Gasteiger partial charge in [-0.3, -0.25) is 0 Å². The van der Waals surface area contributed by atoms with E-state index >= 15 is 0 Å². The summed E-state index contributed by atoms with van der Waals surface area (Å²) in [4.78, 5) is 0. The molecule has 0 saturated heterocycles. The molecule has 0 aliphatic heterocycles. The summed E-state index contributed by atoms with van der Waals surface area (Å²) in [7, 11) is 0. The third-order valence-electron chi connectivity index (χ3n) is 4.19. The van der Waals surface area contributed by atoms with Crippen molar-refractivity contribution in [2.75, 3.05) is 3.38 Å². The van der Waals surface area contributed by atoms with Crippen molar-refractivity contribution in [3.8, 4) is 0 Å². The van der Waals surface area contributed by atoms with Crippen LogP contribution in [0.2, 0.25) is 13.1 Å². The van der Waals surface area contributed by atoms with E-state index in [1.165, 1.54) is 16.8 Å². The molecule has 0 bridgehead atoms. The Morgan fingerprint density at radius 3 is 2.05 bits per heavy atom. The summed E-state index contributed by atoms with van der Waals surface area (Å²) in [5.74, 6) is 0.570. The average molecular weight is 318 g/mol. The van der Waals surface area contributed by atoms with Crippen LogP contribution in [0.3, 0.4) is 0 Å². The van der Waals surface area contributed by atoms with Crippen LogP contribution in [0, 0.1) is 5.92 Å². The normalized spacial score (nSPS) is 18.4. The van der Waals surface area contributed by atoms with Crippen LogP contribution in [0.1, 0.15) is 27.7 Å². The van der Waals surface area contributed by atoms with E-state index in [0.717, 1.165) is 0 Å². The summed E-state index contributed by atoms with van der Waals surface area (Å²) in [5, 5.41) is 0. The molecule has 0 heterocycles. The fourth-order valence-electron chi connectivity index (χ4n) is 2.77. The number of hydrogen-bond acceptors (Lipinski definition) is 1. The molecule has 0 radical (unpaired) electrons. The Morgan fingerprint density at radius 2 is 1.60 bits per heavy atom. The summed E-state index contributed by atoms with van der Waals surface area (Å²) >= 11 is -0.0860. The molecule has 0 aromatic heterocycles. The first-order chi connectivity index (χ1) is 9.43. The molecular weight excluding hydrogens is 294 g/mol. The van der Waals surface area contributed by atoms with Crippen molar-refractivity contribution in [3.63, 3.8) is 0 Å². The molecule has 0 N–H and O–H groups in total. The topological polar surface area (TPSA) is 3.24 Å². The van der Waals surface area contributed by atoms with Gasteiger partial charge in [-0.15, -0.1) is 0 Å². The summed E-state index contributed by atoms with van der Waals surface area (Å²) in [6.07, 6.45) is -0.200. The molecule has 0 saturated carbocycles. The van der Waals surface area contributed by atoms with Gasteiger partial charge in [-0.2, -0.15) is 0 Å². The second-order valence-electron chi connectivity index (χ2n) is 5.82. The van der Waals surface area contributed by atoms with Gasteiger partial charge in [0.1, 0.15) is 0 Å². The van der Waals surface area contributed by atoms with Crippen molar-refractivity contribution in [1.82, 2.24) is 0 Å². The molecule has 105 valence electrons. The number of nitrogens with zero attached hydrogens (tertiary/aromatic N) is 1. The molecule has 0 fully saturated rings. The Balaban J connectivity index is 2.53. The molecule has 1 aromatic rings. The van der Waals surface area contributed by atoms with Crippen LogP contribution in [-0.2, 0) is 18.1 Å². The Morgan fingerprint density at radius 1 is 1.00 bits per heavy atom. The fourth-order valence-corrected chi connectivity index (χ4v) is 7.53. The first-order valence-electron chi connectivity index (χ1n) is 7.24. The van der Waals surface area contributed by atoms with Crippen molar-refractivity contribution < 1.29 is 18.1 Å². The summed E-state index contributed by atoms with van der Waals surface area (Å²) < 4.78 is 2.69. The molecule has 1 unspecified atom stereocenters. The first kappa shape index (κ1) is 15.8. The molecule has 0 amide bonds. The zero-order valence-electron chi connectivity index (χ0n) is 13.4. The molecular formula is C17H24NSiTi. The summed E-state index contributed by atoms with van der Waals surface area (Å²) in [6.45, 7) is 14.1. The minimum atomic E-state index is -0.200. The van der Waals surface area contributed by atoms with Gasteiger partial charge in [0.15, 0.2) is 0 Å². The number of allylic oxidation sites excluding steroid dienone is 3. The molecule has 1 aliphatic rings. The Bertz CT molecular complexity index is 595. The maximum atomic E-state index is 2.69. The van der Waals surface area contributed by atoms with E-state index in [0.29, 0.717) is 5.92 Å². The zero-order chi connectivity index (χ0) is 14.9. The fraction of sp³-hybridized carbons (Fsp3) is 0.412. The number of benzene rings is 1. The first-order valence-corrected chi connectivity index (χ1v) is 12.8. The summed E-state index contributed by atoms with van der Waals surface area (Å²) in [5.41, 5.74) is 7.51. The molecule has 2 rings (SSSR count). The van der Waals surface area contributed by atoms with Crippen LogP contribution in [0.4, 0.5) is 5.69 Å². The van der Waals surface area contributed by atoms with E-state index < -0.39 is 0 Å². The Kier molecular flexibility index (Phi) is 5.11. The van der Waals surface area contributed by atoms with Gasteiger partial charge in [-0.1, -0.05) is 0 Å². The van der Waals surface area contributed by atoms with Gasteiger partial charge in [0.05, 0.1) is 0 Å². The summed E-state index contributed by atoms with van der Waals surface area (Å²) in [6, 6.07) is 11.0. The maximum absolute atomic E-state index is 2.69. The van der Waals surface area contributed by atoms with Gasteiger partial charge in [0.2, 0.25) is 0 Å². The SMILES string of the molecule is CC1=C(C)C(C)C([N]([Ti]=[Si](C)C)c2ccccc2)=C1C. The molecule has 1 aromatic carbocycles. The van der Waals surface area contributed by atoms with Crippen molar-refractivity contribution >= 4 is 11.9 Å². The van der Waals surface area contributed by atoms with Gasteiger partial charge in [0.25, 0.3) is 0 Å². The van der Waals surface area contributed by atoms with Crippen molar-refractivity contribution in [1.29, 1.82) is 0 Å². The molecule has 0 spiro atoms. The second-order valence-corrected chi connectivity index (χ2v) is 14.5. The third-order valence-corrected chi connectivity index (χ3v) is 8.78. The Hall–Kier alpha value is -0.569. The molecule has 1 nitrogen and oxygen atoms in total. The van der Waals surface area contributed by atoms with Crippen molar-refractivity contribution in [2.24, 2.45) is 5.92 Å². The van der Waals surface area contributed by atoms with E-state index in [4.69, 9.17) is 0 Å². The average Bonchev–Trinajstić information content (AvgIpc) is 2.62. The van der Waals surface area contributed by atoms with Gasteiger partial charge in [-0.05, 0) is 0 Å². The van der Waals surface area contributed by atoms with E-state index in [-0.39, 0.29) is 24.3 Å². The quantitative estimate of drug-likeness (QED) is 0.709. The van der Waals surface area contributed by atoms with E-state index in [9.17, 15) is 0 Å². The van der Waals surface area contributed by atoms with Crippen LogP contribution in [0.25, 0.3) is 0 Å². The minimum absolute atomic E-state index is 0.0860. The standard InChI is InChI=1S/C15H18N.C2H6Si.Ti/c1-10-11(2)13(4)15(12(10)3)16-14-8-6-5-7-9-14;1-3-2;/h5-9,12H,1-4H3;1-2H3;/q-1;;+1. The monoisotopic (exact) mass is 318 g/mol. The zero-order valence-corrected chi connectivity index (χ0v) is 16.0. The Labute approximate surface area is 132 Å². The van der Waals surface area contributed by atoms with E-state index in [2.05, 4.69) is 74.5 Å². The molecule has 1 aliphatic carbocycles. The predicted octanol–water partition coefficient (Wildman–Crippen LogP) is 5.00. The van der Waals surface area contributed by atoms with Gasteiger partial charge in [-0.25, -0.2) is 0 Å². The molecule has 20 heavy (non-hydrogen) atoms. The van der Waals surface area contributed by atoms with Gasteiger partial charge in [0, 0.05) is 0 Å². The van der Waals surface area contributed by atoms with E-state index in [1.54, 1.807) is 11.3 Å². The van der Waals surface area contributed by atoms with Crippen molar-refractivity contribution in [2.45, 2.75) is 40.8 Å². The number of rotatable bonds is 3. The van der Waals surface area contributed by atoms with Crippen LogP contribution >= 0.6 is 0 Å². The van der Waals surface area contributed by atoms with Gasteiger partial charge >= 0.3 is 133 Å². The number of anilines is 1. The predicted molar refractivity (Wildman–Crippen MR) is 86.6 cm³/mol. The van der Waals surface area contributed by atoms with Crippen LogP contribution in [0.5, 0.6) is 0 Å². The number of hydrogen-bond donors (Lipinski definition) is 0. The molecule has 1 atom stereocenters. The molecule has 3 heteroatoms. The second kappa shape index (κ2) is 6.47. The van der Waals surface area contributed by atoms with Crippen LogP contribution in [-0.4, -0.2) is 6.19 Å².